The van der Waals surface area contributed by atoms with E-state index >= 15 is 0 Å². The molecule has 0 fully saturated rings. The minimum absolute atomic E-state index is 0.00777. The molecule has 0 saturated carbocycles. The molecule has 5 nitrogen and oxygen atoms in total. The van der Waals surface area contributed by atoms with Crippen molar-refractivity contribution in [1.82, 2.24) is 0 Å². The Balaban J connectivity index is 1.88. The van der Waals surface area contributed by atoms with Crippen LogP contribution < -0.4 is 15.0 Å². The van der Waals surface area contributed by atoms with Crippen LogP contribution in [0.5, 0.6) is 5.75 Å². The fraction of sp³-hybridized carbons (Fsp3) is 0.111. The van der Waals surface area contributed by atoms with Crippen LogP contribution in [-0.4, -0.2) is 25.0 Å². The number of rotatable bonds is 4. The summed E-state index contributed by atoms with van der Waals surface area (Å²) >= 11 is 6.04. The number of carbonyl (C=O) groups is 2. The summed E-state index contributed by atoms with van der Waals surface area (Å²) in [5.41, 5.74) is 1.53. The summed E-state index contributed by atoms with van der Waals surface area (Å²) in [5, 5.41) is 3.16. The van der Waals surface area contributed by atoms with Crippen LogP contribution in [0.3, 0.4) is 0 Å². The predicted octanol–water partition coefficient (Wildman–Crippen LogP) is 3.50. The number of halogens is 1. The Labute approximate surface area is 144 Å². The number of ether oxygens (including phenoxy) is 1. The van der Waals surface area contributed by atoms with E-state index in [4.69, 9.17) is 16.3 Å². The Morgan fingerprint density at radius 2 is 2.12 bits per heavy atom. The molecular weight excluding hydrogens is 328 g/mol. The number of fused-ring (bicyclic) bond motifs is 1. The average molecular weight is 343 g/mol. The fourth-order valence-electron chi connectivity index (χ4n) is 2.45. The lowest BCUT2D eigenvalue weighted by molar-refractivity contribution is -0.121. The molecule has 6 heteroatoms. The molecule has 3 rings (SSSR count). The fourth-order valence-corrected chi connectivity index (χ4v) is 2.67. The molecule has 0 atom stereocenters. The van der Waals surface area contributed by atoms with E-state index in [1.165, 1.54) is 0 Å². The van der Waals surface area contributed by atoms with Crippen molar-refractivity contribution in [2.75, 3.05) is 23.4 Å². The zero-order valence-corrected chi connectivity index (χ0v) is 13.5. The van der Waals surface area contributed by atoms with E-state index < -0.39 is 0 Å². The summed E-state index contributed by atoms with van der Waals surface area (Å²) in [5.74, 6) is 0.114. The van der Waals surface area contributed by atoms with Gasteiger partial charge in [-0.05, 0) is 30.3 Å². The highest BCUT2D eigenvalue weighted by Gasteiger charge is 2.25. The number of nitrogens with one attached hydrogen (secondary N) is 1. The normalized spacial score (nSPS) is 13.0. The molecule has 2 aromatic rings. The van der Waals surface area contributed by atoms with Gasteiger partial charge in [0.1, 0.15) is 5.75 Å². The number of benzene rings is 2. The first kappa shape index (κ1) is 16.1. The summed E-state index contributed by atoms with van der Waals surface area (Å²) in [6, 6.07) is 11.9. The zero-order valence-electron chi connectivity index (χ0n) is 12.8. The number of nitrogens with zero attached hydrogens (tertiary/aromatic N) is 1. The lowest BCUT2D eigenvalue weighted by Crippen LogP contribution is -2.38. The third kappa shape index (κ3) is 3.12. The molecule has 0 aliphatic carbocycles. The van der Waals surface area contributed by atoms with Crippen LogP contribution in [0.25, 0.3) is 0 Å². The van der Waals surface area contributed by atoms with Crippen LogP contribution >= 0.6 is 11.6 Å². The van der Waals surface area contributed by atoms with E-state index in [1.807, 2.05) is 0 Å². The van der Waals surface area contributed by atoms with E-state index in [1.54, 1.807) is 53.4 Å². The molecule has 24 heavy (non-hydrogen) atoms. The van der Waals surface area contributed by atoms with E-state index in [0.717, 1.165) is 0 Å². The van der Waals surface area contributed by atoms with Crippen molar-refractivity contribution in [3.63, 3.8) is 0 Å². The van der Waals surface area contributed by atoms with Gasteiger partial charge in [-0.15, -0.1) is 6.58 Å². The van der Waals surface area contributed by atoms with E-state index in [0.29, 0.717) is 34.3 Å². The Morgan fingerprint density at radius 1 is 1.33 bits per heavy atom. The Morgan fingerprint density at radius 3 is 2.88 bits per heavy atom. The SMILES string of the molecule is C=CCN1C(=O)COc2ccc(NC(=O)c3ccccc3Cl)cc21. The van der Waals surface area contributed by atoms with Gasteiger partial charge in [0, 0.05) is 12.2 Å². The van der Waals surface area contributed by atoms with Gasteiger partial charge in [0.15, 0.2) is 6.61 Å². The molecule has 0 aromatic heterocycles. The van der Waals surface area contributed by atoms with Crippen LogP contribution in [-0.2, 0) is 4.79 Å². The Kier molecular flexibility index (Phi) is 4.53. The minimum Gasteiger partial charge on any atom is -0.482 e. The summed E-state index contributed by atoms with van der Waals surface area (Å²) in [6.45, 7) is 4.03. The summed E-state index contributed by atoms with van der Waals surface area (Å²) in [4.78, 5) is 25.9. The van der Waals surface area contributed by atoms with Crippen molar-refractivity contribution in [2.45, 2.75) is 0 Å². The van der Waals surface area contributed by atoms with Crippen LogP contribution in [0.2, 0.25) is 5.02 Å². The molecule has 122 valence electrons. The van der Waals surface area contributed by atoms with Gasteiger partial charge >= 0.3 is 0 Å². The average Bonchev–Trinajstić information content (AvgIpc) is 2.58. The van der Waals surface area contributed by atoms with E-state index in [9.17, 15) is 9.59 Å². The number of hydrogen-bond acceptors (Lipinski definition) is 3. The van der Waals surface area contributed by atoms with Crippen molar-refractivity contribution in [3.05, 3.63) is 65.7 Å². The first-order chi connectivity index (χ1) is 11.6. The first-order valence-electron chi connectivity index (χ1n) is 7.34. The second kappa shape index (κ2) is 6.76. The van der Waals surface area contributed by atoms with E-state index in [2.05, 4.69) is 11.9 Å². The third-order valence-electron chi connectivity index (χ3n) is 3.59. The van der Waals surface area contributed by atoms with Crippen molar-refractivity contribution in [3.8, 4) is 5.75 Å². The van der Waals surface area contributed by atoms with Crippen LogP contribution in [0, 0.1) is 0 Å². The Bertz CT molecular complexity index is 820. The van der Waals surface area contributed by atoms with E-state index in [-0.39, 0.29) is 18.4 Å². The monoisotopic (exact) mass is 342 g/mol. The molecule has 0 saturated heterocycles. The maximum absolute atomic E-state index is 12.4. The van der Waals surface area contributed by atoms with Gasteiger partial charge < -0.3 is 15.0 Å². The Hall–Kier alpha value is -2.79. The van der Waals surface area contributed by atoms with Gasteiger partial charge in [-0.25, -0.2) is 0 Å². The zero-order chi connectivity index (χ0) is 17.1. The molecule has 0 bridgehead atoms. The second-order valence-corrected chi connectivity index (χ2v) is 5.61. The van der Waals surface area contributed by atoms with Crippen LogP contribution in [0.4, 0.5) is 11.4 Å². The maximum atomic E-state index is 12.4. The molecular formula is C18H15ClN2O3. The van der Waals surface area contributed by atoms with Gasteiger partial charge in [-0.3, -0.25) is 9.59 Å². The number of hydrogen-bond donors (Lipinski definition) is 1. The predicted molar refractivity (Wildman–Crippen MR) is 93.9 cm³/mol. The number of amides is 2. The number of carbonyl (C=O) groups excluding carboxylic acids is 2. The highest BCUT2D eigenvalue weighted by molar-refractivity contribution is 6.34. The second-order valence-electron chi connectivity index (χ2n) is 5.20. The molecule has 1 heterocycles. The van der Waals surface area contributed by atoms with Crippen molar-refractivity contribution in [1.29, 1.82) is 0 Å². The summed E-state index contributed by atoms with van der Waals surface area (Å²) in [7, 11) is 0. The van der Waals surface area contributed by atoms with Gasteiger partial charge in [0.05, 0.1) is 16.3 Å². The van der Waals surface area contributed by atoms with Gasteiger partial charge in [-0.1, -0.05) is 29.8 Å². The number of anilines is 2. The molecule has 1 N–H and O–H groups in total. The lowest BCUT2D eigenvalue weighted by Gasteiger charge is -2.28. The quantitative estimate of drug-likeness (QED) is 0.865. The van der Waals surface area contributed by atoms with Gasteiger partial charge in [0.2, 0.25) is 0 Å². The topological polar surface area (TPSA) is 58.6 Å². The van der Waals surface area contributed by atoms with Crippen molar-refractivity contribution < 1.29 is 14.3 Å². The lowest BCUT2D eigenvalue weighted by atomic mass is 10.1. The maximum Gasteiger partial charge on any atom is 0.265 e. The summed E-state index contributed by atoms with van der Waals surface area (Å²) in [6.07, 6.45) is 1.64. The molecule has 1 aliphatic heterocycles. The first-order valence-corrected chi connectivity index (χ1v) is 7.72. The minimum atomic E-state index is -0.320. The summed E-state index contributed by atoms with van der Waals surface area (Å²) < 4.78 is 5.42. The molecule has 1 aliphatic rings. The molecule has 0 radical (unpaired) electrons. The smallest absolute Gasteiger partial charge is 0.265 e. The van der Waals surface area contributed by atoms with Gasteiger partial charge in [0.25, 0.3) is 11.8 Å². The molecule has 0 unspecified atom stereocenters. The van der Waals surface area contributed by atoms with Crippen molar-refractivity contribution in [2.24, 2.45) is 0 Å². The van der Waals surface area contributed by atoms with Crippen molar-refractivity contribution >= 4 is 34.8 Å². The molecule has 0 spiro atoms. The highest BCUT2D eigenvalue weighted by atomic mass is 35.5. The van der Waals surface area contributed by atoms with Crippen LogP contribution in [0.1, 0.15) is 10.4 Å². The van der Waals surface area contributed by atoms with Gasteiger partial charge in [-0.2, -0.15) is 0 Å². The molecule has 2 amide bonds. The third-order valence-corrected chi connectivity index (χ3v) is 3.92. The van der Waals surface area contributed by atoms with Crippen LogP contribution in [0.15, 0.2) is 55.1 Å². The standard InChI is InChI=1S/C18H15ClN2O3/c1-2-9-21-15-10-12(7-8-16(15)24-11-17(21)22)20-18(23)13-5-3-4-6-14(13)19/h2-8,10H,1,9,11H2,(H,20,23). The largest absolute Gasteiger partial charge is 0.482 e. The highest BCUT2D eigenvalue weighted by Crippen LogP contribution is 2.34. The molecule has 2 aromatic carbocycles.